The first-order chi connectivity index (χ1) is 8.26. The second kappa shape index (κ2) is 2.97. The number of aliphatic hydroxyl groups is 1. The van der Waals surface area contributed by atoms with Crippen LogP contribution in [-0.2, 0) is 0 Å². The minimum atomic E-state index is 0.291. The van der Waals surface area contributed by atoms with Crippen molar-refractivity contribution in [1.82, 2.24) is 19.5 Å². The average molecular weight is 251 g/mol. The fourth-order valence-corrected chi connectivity index (χ4v) is 3.21. The van der Waals surface area contributed by atoms with Crippen molar-refractivity contribution >= 4 is 22.8 Å². The molecule has 17 heavy (non-hydrogen) atoms. The van der Waals surface area contributed by atoms with Gasteiger partial charge in [-0.05, 0) is 24.2 Å². The van der Waals surface area contributed by atoms with Gasteiger partial charge < -0.3 is 9.67 Å². The molecule has 4 rings (SSSR count). The summed E-state index contributed by atoms with van der Waals surface area (Å²) in [7, 11) is 0. The summed E-state index contributed by atoms with van der Waals surface area (Å²) in [5.74, 6) is 0.460. The average Bonchev–Trinajstić information content (AvgIpc) is 3.18. The van der Waals surface area contributed by atoms with Gasteiger partial charge in [0.15, 0.2) is 10.8 Å². The molecule has 0 amide bonds. The third-order valence-corrected chi connectivity index (χ3v) is 4.50. The van der Waals surface area contributed by atoms with Gasteiger partial charge in [0, 0.05) is 12.6 Å². The summed E-state index contributed by atoms with van der Waals surface area (Å²) in [6, 6.07) is 0.426. The number of aliphatic hydroxyl groups excluding tert-OH is 1. The lowest BCUT2D eigenvalue weighted by Crippen LogP contribution is -1.99. The molecule has 2 aromatic heterocycles. The van der Waals surface area contributed by atoms with Gasteiger partial charge in [0.2, 0.25) is 0 Å². The van der Waals surface area contributed by atoms with Crippen LogP contribution in [0.2, 0.25) is 5.15 Å². The van der Waals surface area contributed by atoms with Crippen LogP contribution in [0.4, 0.5) is 0 Å². The van der Waals surface area contributed by atoms with Crippen LogP contribution >= 0.6 is 11.6 Å². The Morgan fingerprint density at radius 1 is 1.41 bits per heavy atom. The smallest absolute Gasteiger partial charge is 0.165 e. The molecule has 2 aliphatic rings. The number of aromatic nitrogens is 4. The van der Waals surface area contributed by atoms with E-state index in [1.807, 2.05) is 0 Å². The van der Waals surface area contributed by atoms with E-state index in [0.717, 1.165) is 18.5 Å². The Kier molecular flexibility index (Phi) is 1.71. The Labute approximate surface area is 102 Å². The minimum Gasteiger partial charge on any atom is -0.396 e. The molecule has 2 fully saturated rings. The van der Waals surface area contributed by atoms with Gasteiger partial charge in [-0.2, -0.15) is 0 Å². The SMILES string of the molecule is OC[C@H]1C[C@]12C[C@@H]2n1cnc2c(Cl)ncnc21. The summed E-state index contributed by atoms with van der Waals surface area (Å²) >= 11 is 5.97. The van der Waals surface area contributed by atoms with Gasteiger partial charge in [-0.25, -0.2) is 15.0 Å². The van der Waals surface area contributed by atoms with E-state index in [-0.39, 0.29) is 0 Å². The van der Waals surface area contributed by atoms with Crippen LogP contribution < -0.4 is 0 Å². The molecule has 6 heteroatoms. The summed E-state index contributed by atoms with van der Waals surface area (Å²) in [6.45, 7) is 0.291. The van der Waals surface area contributed by atoms with Crippen molar-refractivity contribution in [3.63, 3.8) is 0 Å². The molecular weight excluding hydrogens is 240 g/mol. The van der Waals surface area contributed by atoms with Crippen molar-refractivity contribution in [3.8, 4) is 0 Å². The van der Waals surface area contributed by atoms with Crippen molar-refractivity contribution < 1.29 is 5.11 Å². The molecule has 5 nitrogen and oxygen atoms in total. The Bertz CT molecular complexity index is 613. The van der Waals surface area contributed by atoms with Gasteiger partial charge in [0.05, 0.1) is 6.33 Å². The molecule has 2 heterocycles. The van der Waals surface area contributed by atoms with Gasteiger partial charge in [-0.15, -0.1) is 0 Å². The normalized spacial score (nSPS) is 34.5. The second-order valence-electron chi connectivity index (χ2n) is 5.03. The number of halogens is 1. The molecular formula is C11H11ClN4O. The summed E-state index contributed by atoms with van der Waals surface area (Å²) in [5, 5.41) is 9.58. The molecule has 0 radical (unpaired) electrons. The van der Waals surface area contributed by atoms with Gasteiger partial charge in [0.1, 0.15) is 11.8 Å². The largest absolute Gasteiger partial charge is 0.396 e. The Morgan fingerprint density at radius 2 is 2.29 bits per heavy atom. The lowest BCUT2D eigenvalue weighted by atomic mass is 10.3. The molecule has 1 N–H and O–H groups in total. The van der Waals surface area contributed by atoms with E-state index in [9.17, 15) is 5.11 Å². The zero-order valence-corrected chi connectivity index (χ0v) is 9.80. The van der Waals surface area contributed by atoms with Gasteiger partial charge in [-0.3, -0.25) is 0 Å². The molecule has 1 spiro atoms. The van der Waals surface area contributed by atoms with Crippen molar-refractivity contribution in [3.05, 3.63) is 17.8 Å². The highest BCUT2D eigenvalue weighted by atomic mass is 35.5. The van der Waals surface area contributed by atoms with Crippen molar-refractivity contribution in [2.24, 2.45) is 11.3 Å². The van der Waals surface area contributed by atoms with E-state index < -0.39 is 0 Å². The Balaban J connectivity index is 1.77. The highest BCUT2D eigenvalue weighted by Crippen LogP contribution is 2.76. The molecule has 0 unspecified atom stereocenters. The highest BCUT2D eigenvalue weighted by Gasteiger charge is 2.71. The third kappa shape index (κ3) is 1.16. The fraction of sp³-hybridized carbons (Fsp3) is 0.545. The fourth-order valence-electron chi connectivity index (χ4n) is 3.03. The van der Waals surface area contributed by atoms with Crippen LogP contribution in [-0.4, -0.2) is 31.2 Å². The summed E-state index contributed by atoms with van der Waals surface area (Å²) < 4.78 is 2.08. The minimum absolute atomic E-state index is 0.291. The first kappa shape index (κ1) is 9.79. The Morgan fingerprint density at radius 3 is 3.06 bits per heavy atom. The summed E-state index contributed by atoms with van der Waals surface area (Å²) in [5.41, 5.74) is 1.78. The third-order valence-electron chi connectivity index (χ3n) is 4.23. The topological polar surface area (TPSA) is 63.8 Å². The van der Waals surface area contributed by atoms with Gasteiger partial charge in [0.25, 0.3) is 0 Å². The van der Waals surface area contributed by atoms with Gasteiger partial charge >= 0.3 is 0 Å². The van der Waals surface area contributed by atoms with Crippen molar-refractivity contribution in [1.29, 1.82) is 0 Å². The number of fused-ring (bicyclic) bond motifs is 1. The lowest BCUT2D eigenvalue weighted by Gasteiger charge is -2.01. The molecule has 0 saturated heterocycles. The van der Waals surface area contributed by atoms with Crippen molar-refractivity contribution in [2.45, 2.75) is 18.9 Å². The number of hydrogen-bond donors (Lipinski definition) is 1. The molecule has 3 atom stereocenters. The lowest BCUT2D eigenvalue weighted by molar-refractivity contribution is 0.264. The summed E-state index contributed by atoms with van der Waals surface area (Å²) in [6.07, 6.45) is 5.49. The van der Waals surface area contributed by atoms with Crippen molar-refractivity contribution in [2.75, 3.05) is 6.61 Å². The van der Waals surface area contributed by atoms with Gasteiger partial charge in [-0.1, -0.05) is 11.6 Å². The standard InChI is InChI=1S/C11H11ClN4O/c12-9-8-10(14-4-13-9)16(5-15-8)7-2-11(7)1-6(11)3-17/h4-7,17H,1-3H2/t6-,7+,11+/m1/s1. The monoisotopic (exact) mass is 250 g/mol. The number of imidazole rings is 1. The molecule has 2 aromatic rings. The number of rotatable bonds is 2. The predicted molar refractivity (Wildman–Crippen MR) is 61.6 cm³/mol. The van der Waals surface area contributed by atoms with Crippen LogP contribution in [0.3, 0.4) is 0 Å². The van der Waals surface area contributed by atoms with E-state index in [2.05, 4.69) is 19.5 Å². The molecule has 0 bridgehead atoms. The molecule has 88 valence electrons. The second-order valence-corrected chi connectivity index (χ2v) is 5.38. The van der Waals surface area contributed by atoms with Crippen LogP contribution in [0.25, 0.3) is 11.2 Å². The molecule has 0 aliphatic heterocycles. The number of hydrogen-bond acceptors (Lipinski definition) is 4. The summed E-state index contributed by atoms with van der Waals surface area (Å²) in [4.78, 5) is 12.4. The maximum atomic E-state index is 9.18. The van der Waals surface area contributed by atoms with E-state index in [4.69, 9.17) is 11.6 Å². The van der Waals surface area contributed by atoms with Crippen LogP contribution in [0, 0.1) is 11.3 Å². The van der Waals surface area contributed by atoms with E-state index in [1.54, 1.807) is 6.33 Å². The molecule has 0 aromatic carbocycles. The van der Waals surface area contributed by atoms with Crippen LogP contribution in [0.5, 0.6) is 0 Å². The van der Waals surface area contributed by atoms with Crippen LogP contribution in [0.15, 0.2) is 12.7 Å². The first-order valence-electron chi connectivity index (χ1n) is 5.70. The molecule has 2 aliphatic carbocycles. The highest BCUT2D eigenvalue weighted by molar-refractivity contribution is 6.33. The predicted octanol–water partition coefficient (Wildman–Crippen LogP) is 1.42. The maximum absolute atomic E-state index is 9.18. The first-order valence-corrected chi connectivity index (χ1v) is 6.08. The zero-order chi connectivity index (χ0) is 11.6. The van der Waals surface area contributed by atoms with E-state index >= 15 is 0 Å². The van der Waals surface area contributed by atoms with E-state index in [1.165, 1.54) is 6.33 Å². The maximum Gasteiger partial charge on any atom is 0.165 e. The quantitative estimate of drug-likeness (QED) is 0.819. The van der Waals surface area contributed by atoms with Crippen LogP contribution in [0.1, 0.15) is 18.9 Å². The van der Waals surface area contributed by atoms with E-state index in [0.29, 0.717) is 34.7 Å². The zero-order valence-electron chi connectivity index (χ0n) is 9.04. The Hall–Kier alpha value is -1.20. The molecule has 2 saturated carbocycles. The number of nitrogens with zero attached hydrogens (tertiary/aromatic N) is 4.